The molecule has 17 heavy (non-hydrogen) atoms. The molecular formula is C14H20N2O. The minimum atomic E-state index is -0.362. The Hall–Kier alpha value is -1.35. The Balaban J connectivity index is 1.89. The van der Waals surface area contributed by atoms with Crippen LogP contribution in [-0.2, 0) is 6.54 Å². The van der Waals surface area contributed by atoms with E-state index in [1.54, 1.807) is 6.07 Å². The predicted octanol–water partition coefficient (Wildman–Crippen LogP) is 1.84. The molecule has 3 N–H and O–H groups in total. The normalized spacial score (nSPS) is 22.5. The van der Waals surface area contributed by atoms with Crippen molar-refractivity contribution >= 4 is 5.91 Å². The van der Waals surface area contributed by atoms with Gasteiger partial charge in [-0.05, 0) is 55.0 Å². The van der Waals surface area contributed by atoms with Crippen molar-refractivity contribution in [2.75, 3.05) is 6.54 Å². The number of amides is 1. The maximum Gasteiger partial charge on any atom is 0.248 e. The monoisotopic (exact) mass is 232 g/mol. The third-order valence-electron chi connectivity index (χ3n) is 3.63. The van der Waals surface area contributed by atoms with Gasteiger partial charge in [0.05, 0.1) is 0 Å². The van der Waals surface area contributed by atoms with Crippen LogP contribution in [0.1, 0.15) is 34.8 Å². The highest BCUT2D eigenvalue weighted by molar-refractivity contribution is 5.93. The Bertz CT molecular complexity index is 428. The molecule has 0 bridgehead atoms. The van der Waals surface area contributed by atoms with Crippen LogP contribution in [-0.4, -0.2) is 12.5 Å². The molecule has 3 heteroatoms. The third-order valence-corrected chi connectivity index (χ3v) is 3.63. The Morgan fingerprint density at radius 2 is 2.24 bits per heavy atom. The molecule has 1 aromatic carbocycles. The summed E-state index contributed by atoms with van der Waals surface area (Å²) in [6, 6.07) is 5.64. The van der Waals surface area contributed by atoms with E-state index in [1.165, 1.54) is 12.0 Å². The number of aryl methyl sites for hydroxylation is 1. The van der Waals surface area contributed by atoms with Gasteiger partial charge in [-0.2, -0.15) is 0 Å². The fraction of sp³-hybridized carbons (Fsp3) is 0.500. The van der Waals surface area contributed by atoms with Crippen LogP contribution in [0.5, 0.6) is 0 Å². The van der Waals surface area contributed by atoms with Gasteiger partial charge in [-0.1, -0.05) is 13.0 Å². The quantitative estimate of drug-likeness (QED) is 0.814. The fourth-order valence-electron chi connectivity index (χ4n) is 2.12. The second kappa shape index (κ2) is 4.88. The van der Waals surface area contributed by atoms with Crippen LogP contribution in [0.4, 0.5) is 0 Å². The number of benzene rings is 1. The smallest absolute Gasteiger partial charge is 0.248 e. The molecule has 0 spiro atoms. The summed E-state index contributed by atoms with van der Waals surface area (Å²) in [6.45, 7) is 6.27. The molecule has 1 aliphatic carbocycles. The summed E-state index contributed by atoms with van der Waals surface area (Å²) in [5, 5.41) is 3.47. The van der Waals surface area contributed by atoms with Gasteiger partial charge in [0.1, 0.15) is 0 Å². The van der Waals surface area contributed by atoms with E-state index < -0.39 is 0 Å². The van der Waals surface area contributed by atoms with Gasteiger partial charge in [-0.15, -0.1) is 0 Å². The van der Waals surface area contributed by atoms with Crippen molar-refractivity contribution in [3.8, 4) is 0 Å². The van der Waals surface area contributed by atoms with Gasteiger partial charge in [0.15, 0.2) is 0 Å². The van der Waals surface area contributed by atoms with E-state index in [0.717, 1.165) is 30.5 Å². The van der Waals surface area contributed by atoms with Gasteiger partial charge in [0.2, 0.25) is 5.91 Å². The molecule has 0 aliphatic heterocycles. The first-order valence-electron chi connectivity index (χ1n) is 6.18. The van der Waals surface area contributed by atoms with Crippen molar-refractivity contribution in [1.82, 2.24) is 5.32 Å². The lowest BCUT2D eigenvalue weighted by Gasteiger charge is -2.08. The molecule has 1 aliphatic rings. The standard InChI is InChI=1S/C14H20N2O/c1-9-5-11(14(15)17)3-4-12(9)7-16-8-13-6-10(13)2/h3-5,10,13,16H,6-8H2,1-2H3,(H2,15,17). The second-order valence-electron chi connectivity index (χ2n) is 5.11. The van der Waals surface area contributed by atoms with Crippen LogP contribution < -0.4 is 11.1 Å². The summed E-state index contributed by atoms with van der Waals surface area (Å²) in [5.74, 6) is 1.39. The number of rotatable bonds is 5. The van der Waals surface area contributed by atoms with E-state index in [0.29, 0.717) is 5.56 Å². The average Bonchev–Trinajstić information content (AvgIpc) is 2.97. The van der Waals surface area contributed by atoms with Gasteiger partial charge >= 0.3 is 0 Å². The van der Waals surface area contributed by atoms with Crippen LogP contribution >= 0.6 is 0 Å². The number of carbonyl (C=O) groups excluding carboxylic acids is 1. The Morgan fingerprint density at radius 1 is 1.53 bits per heavy atom. The molecule has 2 rings (SSSR count). The second-order valence-corrected chi connectivity index (χ2v) is 5.11. The van der Waals surface area contributed by atoms with Gasteiger partial charge < -0.3 is 11.1 Å². The van der Waals surface area contributed by atoms with Gasteiger partial charge in [-0.3, -0.25) is 4.79 Å². The van der Waals surface area contributed by atoms with Crippen molar-refractivity contribution in [3.05, 3.63) is 34.9 Å². The molecular weight excluding hydrogens is 212 g/mol. The molecule has 1 amide bonds. The molecule has 1 saturated carbocycles. The first-order chi connectivity index (χ1) is 8.08. The van der Waals surface area contributed by atoms with E-state index in [-0.39, 0.29) is 5.91 Å². The maximum absolute atomic E-state index is 11.0. The van der Waals surface area contributed by atoms with Crippen LogP contribution in [0, 0.1) is 18.8 Å². The predicted molar refractivity (Wildman–Crippen MR) is 68.7 cm³/mol. The largest absolute Gasteiger partial charge is 0.366 e. The van der Waals surface area contributed by atoms with Crippen LogP contribution in [0.3, 0.4) is 0 Å². The summed E-state index contributed by atoms with van der Waals surface area (Å²) in [5.41, 5.74) is 8.19. The van der Waals surface area contributed by atoms with E-state index in [4.69, 9.17) is 5.73 Å². The Kier molecular flexibility index (Phi) is 3.48. The number of hydrogen-bond acceptors (Lipinski definition) is 2. The molecule has 1 aromatic rings. The molecule has 0 radical (unpaired) electrons. The third kappa shape index (κ3) is 3.07. The van der Waals surface area contributed by atoms with Crippen LogP contribution in [0.2, 0.25) is 0 Å². The molecule has 0 heterocycles. The molecule has 1 fully saturated rings. The number of nitrogens with two attached hydrogens (primary N) is 1. The topological polar surface area (TPSA) is 55.1 Å². The lowest BCUT2D eigenvalue weighted by molar-refractivity contribution is 0.1000. The zero-order chi connectivity index (χ0) is 12.4. The molecule has 0 saturated heterocycles. The molecule has 2 unspecified atom stereocenters. The van der Waals surface area contributed by atoms with Gasteiger partial charge in [0.25, 0.3) is 0 Å². The minimum absolute atomic E-state index is 0.362. The van der Waals surface area contributed by atoms with Gasteiger partial charge in [-0.25, -0.2) is 0 Å². The van der Waals surface area contributed by atoms with Gasteiger partial charge in [0, 0.05) is 12.1 Å². The number of carbonyl (C=O) groups is 1. The highest BCUT2D eigenvalue weighted by atomic mass is 16.1. The summed E-state index contributed by atoms with van der Waals surface area (Å²) >= 11 is 0. The number of nitrogens with one attached hydrogen (secondary N) is 1. The zero-order valence-corrected chi connectivity index (χ0v) is 10.5. The summed E-state index contributed by atoms with van der Waals surface area (Å²) < 4.78 is 0. The number of primary amides is 1. The van der Waals surface area contributed by atoms with Crippen molar-refractivity contribution in [3.63, 3.8) is 0 Å². The number of hydrogen-bond donors (Lipinski definition) is 2. The molecule has 0 aromatic heterocycles. The lowest BCUT2D eigenvalue weighted by Crippen LogP contribution is -2.18. The van der Waals surface area contributed by atoms with Crippen molar-refractivity contribution in [2.45, 2.75) is 26.8 Å². The first-order valence-corrected chi connectivity index (χ1v) is 6.18. The SMILES string of the molecule is Cc1cc(C(N)=O)ccc1CNCC1CC1C. The summed E-state index contributed by atoms with van der Waals surface area (Å²) in [6.07, 6.45) is 1.35. The highest BCUT2D eigenvalue weighted by Crippen LogP contribution is 2.36. The Morgan fingerprint density at radius 3 is 2.76 bits per heavy atom. The van der Waals surface area contributed by atoms with Crippen molar-refractivity contribution in [1.29, 1.82) is 0 Å². The maximum atomic E-state index is 11.0. The highest BCUT2D eigenvalue weighted by Gasteiger charge is 2.31. The molecule has 3 nitrogen and oxygen atoms in total. The molecule has 92 valence electrons. The van der Waals surface area contributed by atoms with Crippen molar-refractivity contribution in [2.24, 2.45) is 17.6 Å². The summed E-state index contributed by atoms with van der Waals surface area (Å²) in [7, 11) is 0. The minimum Gasteiger partial charge on any atom is -0.366 e. The van der Waals surface area contributed by atoms with E-state index in [9.17, 15) is 4.79 Å². The zero-order valence-electron chi connectivity index (χ0n) is 10.5. The fourth-order valence-corrected chi connectivity index (χ4v) is 2.12. The average molecular weight is 232 g/mol. The van der Waals surface area contributed by atoms with E-state index >= 15 is 0 Å². The van der Waals surface area contributed by atoms with E-state index in [2.05, 4.69) is 12.2 Å². The summed E-state index contributed by atoms with van der Waals surface area (Å²) in [4.78, 5) is 11.0. The van der Waals surface area contributed by atoms with Crippen LogP contribution in [0.25, 0.3) is 0 Å². The van der Waals surface area contributed by atoms with E-state index in [1.807, 2.05) is 19.1 Å². The lowest BCUT2D eigenvalue weighted by atomic mass is 10.0. The van der Waals surface area contributed by atoms with Crippen LogP contribution in [0.15, 0.2) is 18.2 Å². The first kappa shape index (κ1) is 12.1. The van der Waals surface area contributed by atoms with Crippen molar-refractivity contribution < 1.29 is 4.79 Å². The molecule has 2 atom stereocenters. The Labute approximate surface area is 102 Å².